The third-order valence-electron chi connectivity index (χ3n) is 6.74. The molecule has 1 unspecified atom stereocenters. The molecule has 10 nitrogen and oxygen atoms in total. The lowest BCUT2D eigenvalue weighted by molar-refractivity contribution is -0.132. The molecule has 4 rings (SSSR count). The summed E-state index contributed by atoms with van der Waals surface area (Å²) in [6.45, 7) is 8.51. The predicted molar refractivity (Wildman–Crippen MR) is 163 cm³/mol. The second kappa shape index (κ2) is 14.2. The Balaban J connectivity index is 1.89. The van der Waals surface area contributed by atoms with Gasteiger partial charge in [0.25, 0.3) is 5.78 Å². The number of Topliss-reactive ketones (excluding diaryl/α,β-unsaturated/α-hetero) is 1. The van der Waals surface area contributed by atoms with Crippen molar-refractivity contribution in [1.29, 1.82) is 0 Å². The van der Waals surface area contributed by atoms with E-state index in [1.807, 2.05) is 6.92 Å². The third-order valence-corrected chi connectivity index (χ3v) is 7.87. The monoisotopic (exact) mass is 608 g/mol. The maximum Gasteiger partial charge on any atom is 0.350 e. The van der Waals surface area contributed by atoms with Crippen LogP contribution in [0.3, 0.4) is 0 Å². The summed E-state index contributed by atoms with van der Waals surface area (Å²) in [4.78, 5) is 45.8. The zero-order valence-corrected chi connectivity index (χ0v) is 25.8. The van der Waals surface area contributed by atoms with Gasteiger partial charge >= 0.3 is 11.9 Å². The number of anilines is 1. The number of carbonyl (C=O) groups is 3. The molecule has 1 atom stereocenters. The summed E-state index contributed by atoms with van der Waals surface area (Å²) in [6, 6.07) is 10.7. The van der Waals surface area contributed by atoms with E-state index in [-0.39, 0.29) is 27.9 Å². The van der Waals surface area contributed by atoms with Crippen LogP contribution in [-0.4, -0.2) is 54.7 Å². The van der Waals surface area contributed by atoms with E-state index in [4.69, 9.17) is 18.9 Å². The van der Waals surface area contributed by atoms with E-state index >= 15 is 0 Å². The highest BCUT2D eigenvalue weighted by Gasteiger charge is 2.48. The molecule has 1 fully saturated rings. The summed E-state index contributed by atoms with van der Waals surface area (Å²) in [6.07, 6.45) is 2.61. The number of hydrogen-bond donors (Lipinski definition) is 1. The SMILES string of the molecule is CCCCOc1ccc(C2/C(=C(\O)c3cccc(OCCC)c3)C(=O)C(=O)N2c2nc(C)c(C(=O)OCC)s2)cc1OC. The van der Waals surface area contributed by atoms with Gasteiger partial charge in [-0.2, -0.15) is 0 Å². The van der Waals surface area contributed by atoms with Crippen molar-refractivity contribution >= 4 is 39.9 Å². The second-order valence-corrected chi connectivity index (χ2v) is 10.8. The summed E-state index contributed by atoms with van der Waals surface area (Å²) in [5.74, 6) is -1.30. The number of aromatic nitrogens is 1. The number of thiazole rings is 1. The van der Waals surface area contributed by atoms with Crippen molar-refractivity contribution in [1.82, 2.24) is 4.98 Å². The number of aliphatic hydroxyl groups excluding tert-OH is 1. The van der Waals surface area contributed by atoms with Crippen LogP contribution >= 0.6 is 11.3 Å². The van der Waals surface area contributed by atoms with Gasteiger partial charge in [-0.1, -0.05) is 49.8 Å². The number of methoxy groups -OCH3 is 1. The van der Waals surface area contributed by atoms with E-state index < -0.39 is 23.7 Å². The fraction of sp³-hybridized carbons (Fsp3) is 0.375. The van der Waals surface area contributed by atoms with Gasteiger partial charge in [-0.25, -0.2) is 9.78 Å². The minimum atomic E-state index is -1.08. The summed E-state index contributed by atoms with van der Waals surface area (Å²) in [5, 5.41) is 11.7. The summed E-state index contributed by atoms with van der Waals surface area (Å²) in [5.41, 5.74) is 1.01. The topological polar surface area (TPSA) is 124 Å². The zero-order chi connectivity index (χ0) is 31.1. The number of rotatable bonds is 13. The molecule has 11 heteroatoms. The number of amides is 1. The molecule has 228 valence electrons. The minimum Gasteiger partial charge on any atom is -0.507 e. The van der Waals surface area contributed by atoms with Crippen LogP contribution in [0.5, 0.6) is 17.2 Å². The summed E-state index contributed by atoms with van der Waals surface area (Å²) in [7, 11) is 1.50. The van der Waals surface area contributed by atoms with E-state index in [1.54, 1.807) is 56.3 Å². The Labute approximate surface area is 254 Å². The van der Waals surface area contributed by atoms with Gasteiger partial charge in [0.05, 0.1) is 44.2 Å². The molecular formula is C32H36N2O8S. The van der Waals surface area contributed by atoms with Crippen LogP contribution in [0.15, 0.2) is 48.0 Å². The first-order chi connectivity index (χ1) is 20.7. The van der Waals surface area contributed by atoms with Gasteiger partial charge in [-0.05, 0) is 56.5 Å². The van der Waals surface area contributed by atoms with Crippen LogP contribution in [0.25, 0.3) is 5.76 Å². The number of ketones is 1. The second-order valence-electron chi connectivity index (χ2n) is 9.79. The first-order valence-electron chi connectivity index (χ1n) is 14.2. The Morgan fingerprint density at radius 1 is 1.02 bits per heavy atom. The lowest BCUT2D eigenvalue weighted by Crippen LogP contribution is -2.29. The summed E-state index contributed by atoms with van der Waals surface area (Å²) < 4.78 is 22.4. The molecule has 0 aliphatic carbocycles. The Morgan fingerprint density at radius 3 is 2.51 bits per heavy atom. The van der Waals surface area contributed by atoms with Gasteiger partial charge in [-0.15, -0.1) is 0 Å². The lowest BCUT2D eigenvalue weighted by atomic mass is 9.95. The molecule has 0 spiro atoms. The molecule has 43 heavy (non-hydrogen) atoms. The van der Waals surface area contributed by atoms with Crippen molar-refractivity contribution < 1.29 is 38.4 Å². The van der Waals surface area contributed by atoms with Gasteiger partial charge in [-0.3, -0.25) is 14.5 Å². The van der Waals surface area contributed by atoms with Gasteiger partial charge in [0.15, 0.2) is 16.6 Å². The fourth-order valence-corrected chi connectivity index (χ4v) is 5.61. The Bertz CT molecular complexity index is 1530. The molecule has 2 heterocycles. The highest BCUT2D eigenvalue weighted by molar-refractivity contribution is 7.17. The van der Waals surface area contributed by atoms with E-state index in [0.29, 0.717) is 47.3 Å². The lowest BCUT2D eigenvalue weighted by Gasteiger charge is -2.24. The Morgan fingerprint density at radius 2 is 1.81 bits per heavy atom. The molecular weight excluding hydrogens is 572 g/mol. The summed E-state index contributed by atoms with van der Waals surface area (Å²) >= 11 is 0.944. The van der Waals surface area contributed by atoms with Gasteiger partial charge in [0, 0.05) is 5.56 Å². The standard InChI is InChI=1S/C32H36N2O8S/c1-6-9-16-42-23-14-13-20(18-24(23)39-5)26-25(27(35)21-11-10-12-22(17-21)41-15-7-2)28(36)30(37)34(26)32-33-19(4)29(43-32)31(38)40-8-3/h10-14,17-18,26,35H,6-9,15-16H2,1-5H3/b27-25+. The largest absolute Gasteiger partial charge is 0.507 e. The van der Waals surface area contributed by atoms with Gasteiger partial charge in [0.2, 0.25) is 0 Å². The number of carbonyl (C=O) groups excluding carboxylic acids is 3. The number of hydrogen-bond acceptors (Lipinski definition) is 10. The molecule has 1 aromatic heterocycles. The van der Waals surface area contributed by atoms with Crippen molar-refractivity contribution in [2.24, 2.45) is 0 Å². The molecule has 1 amide bonds. The number of unbranched alkanes of at least 4 members (excludes halogenated alkanes) is 1. The molecule has 1 aliphatic rings. The van der Waals surface area contributed by atoms with Crippen molar-refractivity contribution in [3.05, 3.63) is 69.7 Å². The van der Waals surface area contributed by atoms with E-state index in [0.717, 1.165) is 30.6 Å². The molecule has 0 radical (unpaired) electrons. The number of ether oxygens (including phenoxy) is 4. The number of aliphatic hydroxyl groups is 1. The van der Waals surface area contributed by atoms with E-state index in [9.17, 15) is 19.5 Å². The average molecular weight is 609 g/mol. The van der Waals surface area contributed by atoms with Crippen molar-refractivity contribution in [2.75, 3.05) is 31.8 Å². The Hall–Kier alpha value is -4.38. The third kappa shape index (κ3) is 6.67. The molecule has 2 aromatic carbocycles. The first-order valence-corrected chi connectivity index (χ1v) is 15.1. The van der Waals surface area contributed by atoms with Crippen molar-refractivity contribution in [3.8, 4) is 17.2 Å². The smallest absolute Gasteiger partial charge is 0.350 e. The molecule has 1 saturated heterocycles. The first kappa shape index (κ1) is 31.6. The molecule has 0 saturated carbocycles. The highest BCUT2D eigenvalue weighted by Crippen LogP contribution is 2.45. The molecule has 1 N–H and O–H groups in total. The van der Waals surface area contributed by atoms with E-state index in [2.05, 4.69) is 11.9 Å². The Kier molecular flexibility index (Phi) is 10.4. The zero-order valence-electron chi connectivity index (χ0n) is 25.0. The van der Waals surface area contributed by atoms with Gasteiger partial charge in [0.1, 0.15) is 16.4 Å². The van der Waals surface area contributed by atoms with Crippen LogP contribution in [0.4, 0.5) is 5.13 Å². The minimum absolute atomic E-state index is 0.119. The highest BCUT2D eigenvalue weighted by atomic mass is 32.1. The number of esters is 1. The van der Waals surface area contributed by atoms with Crippen molar-refractivity contribution in [3.63, 3.8) is 0 Å². The average Bonchev–Trinajstić information content (AvgIpc) is 3.52. The predicted octanol–water partition coefficient (Wildman–Crippen LogP) is 6.23. The number of nitrogens with zero attached hydrogens (tertiary/aromatic N) is 2. The van der Waals surface area contributed by atoms with Gasteiger partial charge < -0.3 is 24.1 Å². The van der Waals surface area contributed by atoms with E-state index in [1.165, 1.54) is 12.0 Å². The molecule has 0 bridgehead atoms. The van der Waals surface area contributed by atoms with Crippen molar-refractivity contribution in [2.45, 2.75) is 53.0 Å². The maximum atomic E-state index is 13.7. The molecule has 3 aromatic rings. The maximum absolute atomic E-state index is 13.7. The van der Waals surface area contributed by atoms with Crippen LogP contribution < -0.4 is 19.1 Å². The normalized spacial score (nSPS) is 15.9. The fourth-order valence-electron chi connectivity index (χ4n) is 4.63. The van der Waals surface area contributed by atoms with Crippen LogP contribution in [-0.2, 0) is 14.3 Å². The van der Waals surface area contributed by atoms with Crippen LogP contribution in [0.2, 0.25) is 0 Å². The number of aryl methyl sites for hydroxylation is 1. The van der Waals surface area contributed by atoms with Crippen LogP contribution in [0.1, 0.15) is 72.6 Å². The molecule has 1 aliphatic heterocycles. The van der Waals surface area contributed by atoms with Crippen LogP contribution in [0, 0.1) is 6.92 Å². The quantitative estimate of drug-likeness (QED) is 0.0790. The number of benzene rings is 2.